The highest BCUT2D eigenvalue weighted by molar-refractivity contribution is 7.99. The molecule has 6 nitrogen and oxygen atoms in total. The van der Waals surface area contributed by atoms with Gasteiger partial charge in [-0.25, -0.2) is 0 Å². The Morgan fingerprint density at radius 3 is 2.24 bits per heavy atom. The number of hydrogen-bond donors (Lipinski definition) is 1. The standard InChI is InChI=1S/C27H28N4O2S/c1-33-24-15-9-8-14-23(24)26-29-30-27(31(26)19-17-22-12-6-3-7-13-22)34-20-25(32)28-18-16-21-10-4-2-5-11-21/h2-15H,16-20H2,1H3,(H,28,32). The maximum absolute atomic E-state index is 12.5. The Bertz CT molecular complexity index is 1200. The normalized spacial score (nSPS) is 10.7. The monoisotopic (exact) mass is 472 g/mol. The molecule has 1 aromatic heterocycles. The molecule has 1 N–H and O–H groups in total. The first kappa shape index (κ1) is 23.6. The summed E-state index contributed by atoms with van der Waals surface area (Å²) in [6.07, 6.45) is 1.64. The van der Waals surface area contributed by atoms with Gasteiger partial charge in [-0.05, 0) is 36.1 Å². The van der Waals surface area contributed by atoms with Crippen molar-refractivity contribution in [1.82, 2.24) is 20.1 Å². The number of para-hydroxylation sites is 1. The number of aromatic nitrogens is 3. The Morgan fingerprint density at radius 2 is 1.53 bits per heavy atom. The lowest BCUT2D eigenvalue weighted by Crippen LogP contribution is -2.27. The van der Waals surface area contributed by atoms with Crippen LogP contribution < -0.4 is 10.1 Å². The minimum atomic E-state index is -0.0163. The molecule has 1 heterocycles. The van der Waals surface area contributed by atoms with Crippen molar-refractivity contribution < 1.29 is 9.53 Å². The zero-order chi connectivity index (χ0) is 23.6. The van der Waals surface area contributed by atoms with E-state index < -0.39 is 0 Å². The highest BCUT2D eigenvalue weighted by atomic mass is 32.2. The van der Waals surface area contributed by atoms with Crippen LogP contribution in [0.25, 0.3) is 11.4 Å². The molecule has 0 aliphatic rings. The number of rotatable bonds is 11. The van der Waals surface area contributed by atoms with E-state index in [2.05, 4.69) is 44.3 Å². The molecular weight excluding hydrogens is 444 g/mol. The van der Waals surface area contributed by atoms with Crippen molar-refractivity contribution in [3.8, 4) is 17.1 Å². The summed E-state index contributed by atoms with van der Waals surface area (Å²) in [6.45, 7) is 1.30. The Hall–Kier alpha value is -3.58. The molecule has 0 aliphatic carbocycles. The number of benzene rings is 3. The lowest BCUT2D eigenvalue weighted by molar-refractivity contribution is -0.118. The molecule has 0 radical (unpaired) electrons. The van der Waals surface area contributed by atoms with Crippen molar-refractivity contribution in [1.29, 1.82) is 0 Å². The van der Waals surface area contributed by atoms with Gasteiger partial charge in [0.05, 0.1) is 18.4 Å². The third-order valence-electron chi connectivity index (χ3n) is 5.44. The second-order valence-electron chi connectivity index (χ2n) is 7.77. The fourth-order valence-corrected chi connectivity index (χ4v) is 4.48. The van der Waals surface area contributed by atoms with Crippen LogP contribution in [0.4, 0.5) is 0 Å². The van der Waals surface area contributed by atoms with Crippen LogP contribution >= 0.6 is 11.8 Å². The van der Waals surface area contributed by atoms with Gasteiger partial charge in [-0.15, -0.1) is 10.2 Å². The fourth-order valence-electron chi connectivity index (χ4n) is 3.68. The van der Waals surface area contributed by atoms with Gasteiger partial charge in [0.1, 0.15) is 5.75 Å². The number of amides is 1. The molecular formula is C27H28N4O2S. The van der Waals surface area contributed by atoms with Crippen LogP contribution in [0.2, 0.25) is 0 Å². The van der Waals surface area contributed by atoms with Crippen molar-refractivity contribution >= 4 is 17.7 Å². The number of hydrogen-bond acceptors (Lipinski definition) is 5. The largest absolute Gasteiger partial charge is 0.496 e. The summed E-state index contributed by atoms with van der Waals surface area (Å²) < 4.78 is 7.63. The summed E-state index contributed by atoms with van der Waals surface area (Å²) in [4.78, 5) is 12.5. The number of aryl methyl sites for hydroxylation is 1. The smallest absolute Gasteiger partial charge is 0.230 e. The molecule has 3 aromatic carbocycles. The predicted molar refractivity (Wildman–Crippen MR) is 136 cm³/mol. The number of carbonyl (C=O) groups is 1. The van der Waals surface area contributed by atoms with Gasteiger partial charge in [-0.2, -0.15) is 0 Å². The Morgan fingerprint density at radius 1 is 0.882 bits per heavy atom. The molecule has 7 heteroatoms. The summed E-state index contributed by atoms with van der Waals surface area (Å²) in [6, 6.07) is 28.2. The molecule has 1 amide bonds. The van der Waals surface area contributed by atoms with Crippen LogP contribution in [0, 0.1) is 0 Å². The molecule has 0 saturated carbocycles. The Balaban J connectivity index is 1.45. The summed E-state index contributed by atoms with van der Waals surface area (Å²) in [7, 11) is 1.65. The molecule has 0 spiro atoms. The molecule has 4 rings (SSSR count). The summed E-state index contributed by atoms with van der Waals surface area (Å²) in [5.74, 6) is 1.74. The van der Waals surface area contributed by atoms with Gasteiger partial charge in [0.15, 0.2) is 11.0 Å². The molecule has 0 fully saturated rings. The first-order chi connectivity index (χ1) is 16.7. The van der Waals surface area contributed by atoms with Crippen molar-refractivity contribution in [2.45, 2.75) is 24.5 Å². The molecule has 0 unspecified atom stereocenters. The van der Waals surface area contributed by atoms with Gasteiger partial charge in [0.2, 0.25) is 5.91 Å². The molecule has 0 bridgehead atoms. The fraction of sp³-hybridized carbons (Fsp3) is 0.222. The third-order valence-corrected chi connectivity index (χ3v) is 6.41. The number of nitrogens with one attached hydrogen (secondary N) is 1. The lowest BCUT2D eigenvalue weighted by Gasteiger charge is -2.12. The lowest BCUT2D eigenvalue weighted by atomic mass is 10.1. The van der Waals surface area contributed by atoms with Crippen LogP contribution in [0.5, 0.6) is 5.75 Å². The average molecular weight is 473 g/mol. The average Bonchev–Trinajstić information content (AvgIpc) is 3.30. The van der Waals surface area contributed by atoms with E-state index in [1.165, 1.54) is 22.9 Å². The molecule has 4 aromatic rings. The Kier molecular flexibility index (Phi) is 8.35. The summed E-state index contributed by atoms with van der Waals surface area (Å²) in [5, 5.41) is 12.6. The van der Waals surface area contributed by atoms with E-state index in [0.29, 0.717) is 13.1 Å². The highest BCUT2D eigenvalue weighted by Crippen LogP contribution is 2.31. The van der Waals surface area contributed by atoms with Crippen LogP contribution in [0.3, 0.4) is 0 Å². The van der Waals surface area contributed by atoms with Gasteiger partial charge >= 0.3 is 0 Å². The summed E-state index contributed by atoms with van der Waals surface area (Å²) in [5.41, 5.74) is 3.32. The van der Waals surface area contributed by atoms with Crippen LogP contribution in [0.1, 0.15) is 11.1 Å². The minimum Gasteiger partial charge on any atom is -0.496 e. The zero-order valence-electron chi connectivity index (χ0n) is 19.2. The number of nitrogens with zero attached hydrogens (tertiary/aromatic N) is 3. The van der Waals surface area contributed by atoms with E-state index in [1.54, 1.807) is 7.11 Å². The summed E-state index contributed by atoms with van der Waals surface area (Å²) >= 11 is 1.40. The topological polar surface area (TPSA) is 69.0 Å². The van der Waals surface area contributed by atoms with E-state index in [0.717, 1.165) is 35.1 Å². The first-order valence-corrected chi connectivity index (χ1v) is 12.3. The van der Waals surface area contributed by atoms with E-state index in [4.69, 9.17) is 4.74 Å². The maximum Gasteiger partial charge on any atom is 0.230 e. The van der Waals surface area contributed by atoms with Crippen LogP contribution in [-0.2, 0) is 24.2 Å². The molecule has 0 saturated heterocycles. The van der Waals surface area contributed by atoms with Crippen LogP contribution in [-0.4, -0.2) is 40.1 Å². The van der Waals surface area contributed by atoms with Crippen molar-refractivity contribution in [2.75, 3.05) is 19.4 Å². The van der Waals surface area contributed by atoms with Crippen molar-refractivity contribution in [3.63, 3.8) is 0 Å². The minimum absolute atomic E-state index is 0.0163. The highest BCUT2D eigenvalue weighted by Gasteiger charge is 2.18. The van der Waals surface area contributed by atoms with Crippen LogP contribution in [0.15, 0.2) is 90.1 Å². The SMILES string of the molecule is COc1ccccc1-c1nnc(SCC(=O)NCCc2ccccc2)n1CCc1ccccc1. The van der Waals surface area contributed by atoms with E-state index in [-0.39, 0.29) is 11.7 Å². The second kappa shape index (κ2) is 12.0. The van der Waals surface area contributed by atoms with Gasteiger partial charge < -0.3 is 14.6 Å². The van der Waals surface area contributed by atoms with Gasteiger partial charge in [0, 0.05) is 13.1 Å². The quantitative estimate of drug-likeness (QED) is 0.322. The van der Waals surface area contributed by atoms with E-state index >= 15 is 0 Å². The maximum atomic E-state index is 12.5. The third kappa shape index (κ3) is 6.26. The molecule has 34 heavy (non-hydrogen) atoms. The van der Waals surface area contributed by atoms with Gasteiger partial charge in [0.25, 0.3) is 0 Å². The predicted octanol–water partition coefficient (Wildman–Crippen LogP) is 4.65. The number of ether oxygens (including phenoxy) is 1. The van der Waals surface area contributed by atoms with E-state index in [9.17, 15) is 4.79 Å². The number of thioether (sulfide) groups is 1. The zero-order valence-corrected chi connectivity index (χ0v) is 20.0. The molecule has 174 valence electrons. The van der Waals surface area contributed by atoms with Gasteiger partial charge in [-0.3, -0.25) is 4.79 Å². The molecule has 0 atom stereocenters. The van der Waals surface area contributed by atoms with E-state index in [1.807, 2.05) is 60.7 Å². The van der Waals surface area contributed by atoms with Gasteiger partial charge in [-0.1, -0.05) is 84.6 Å². The second-order valence-corrected chi connectivity index (χ2v) is 8.71. The van der Waals surface area contributed by atoms with Crippen molar-refractivity contribution in [3.05, 3.63) is 96.1 Å². The molecule has 0 aliphatic heterocycles. The Labute approximate surface area is 204 Å². The number of carbonyl (C=O) groups excluding carboxylic acids is 1. The first-order valence-electron chi connectivity index (χ1n) is 11.3. The van der Waals surface area contributed by atoms with Crippen molar-refractivity contribution in [2.24, 2.45) is 0 Å². The number of methoxy groups -OCH3 is 1.